The molecule has 1 amide bonds. The number of amides is 1. The van der Waals surface area contributed by atoms with E-state index in [1.807, 2.05) is 12.1 Å². The zero-order chi connectivity index (χ0) is 18.9. The summed E-state index contributed by atoms with van der Waals surface area (Å²) in [5, 5.41) is 1.58. The van der Waals surface area contributed by atoms with Crippen molar-refractivity contribution in [2.45, 2.75) is 12.8 Å². The molecule has 0 saturated heterocycles. The monoisotopic (exact) mass is 415 g/mol. The van der Waals surface area contributed by atoms with Crippen molar-refractivity contribution in [3.63, 3.8) is 0 Å². The van der Waals surface area contributed by atoms with Crippen molar-refractivity contribution in [2.24, 2.45) is 0 Å². The van der Waals surface area contributed by atoms with Crippen LogP contribution >= 0.6 is 34.8 Å². The van der Waals surface area contributed by atoms with Crippen LogP contribution in [0.2, 0.25) is 15.1 Å². The van der Waals surface area contributed by atoms with Crippen LogP contribution in [0.3, 0.4) is 0 Å². The number of nitrogens with zero attached hydrogens (tertiary/aromatic N) is 1. The Morgan fingerprint density at radius 3 is 2.35 bits per heavy atom. The maximum atomic E-state index is 12.1. The van der Waals surface area contributed by atoms with Gasteiger partial charge in [0, 0.05) is 23.6 Å². The maximum Gasteiger partial charge on any atom is 0.260 e. The number of hydrogen-bond acceptors (Lipinski definition) is 3. The summed E-state index contributed by atoms with van der Waals surface area (Å²) in [4.78, 5) is 13.7. The molecule has 7 heteroatoms. The van der Waals surface area contributed by atoms with E-state index in [0.29, 0.717) is 34.0 Å². The predicted octanol–water partition coefficient (Wildman–Crippen LogP) is 5.34. The van der Waals surface area contributed by atoms with Gasteiger partial charge in [-0.2, -0.15) is 0 Å². The summed E-state index contributed by atoms with van der Waals surface area (Å²) in [5.41, 5.74) is 0. The van der Waals surface area contributed by atoms with Crippen molar-refractivity contribution in [3.8, 4) is 11.5 Å². The number of hydrogen-bond donors (Lipinski definition) is 0. The van der Waals surface area contributed by atoms with Crippen LogP contribution in [0.4, 0.5) is 0 Å². The van der Waals surface area contributed by atoms with Crippen molar-refractivity contribution >= 4 is 40.7 Å². The number of ether oxygens (including phenoxy) is 2. The molecule has 4 nitrogen and oxygen atoms in total. The lowest BCUT2D eigenvalue weighted by atomic mass is 10.3. The number of carbonyl (C=O) groups excluding carboxylic acids is 1. The Bertz CT molecular complexity index is 722. The van der Waals surface area contributed by atoms with Crippen LogP contribution in [0.5, 0.6) is 11.5 Å². The first-order valence-corrected chi connectivity index (χ1v) is 9.29. The highest BCUT2D eigenvalue weighted by atomic mass is 35.5. The van der Waals surface area contributed by atoms with Gasteiger partial charge in [-0.15, -0.1) is 0 Å². The number of halogens is 3. The lowest BCUT2D eigenvalue weighted by molar-refractivity contribution is -0.132. The fourth-order valence-corrected chi connectivity index (χ4v) is 2.73. The summed E-state index contributed by atoms with van der Waals surface area (Å²) >= 11 is 17.7. The number of likely N-dealkylation sites (N-methyl/N-ethyl adjacent to an activating group) is 1. The lowest BCUT2D eigenvalue weighted by Gasteiger charge is -2.17. The highest BCUT2D eigenvalue weighted by Crippen LogP contribution is 2.27. The standard InChI is InChI=1S/C19H20Cl3NO3/c1-23(10-2-3-11-25-16-7-4-14(20)5-8-16)19(24)13-26-18-9-6-15(21)12-17(18)22/h4-9,12H,2-3,10-11,13H2,1H3. The summed E-state index contributed by atoms with van der Waals surface area (Å²) in [7, 11) is 1.75. The molecule has 0 aliphatic rings. The van der Waals surface area contributed by atoms with Crippen LogP contribution in [0.25, 0.3) is 0 Å². The Balaban J connectivity index is 1.63. The number of benzene rings is 2. The van der Waals surface area contributed by atoms with Crippen molar-refractivity contribution in [1.82, 2.24) is 4.90 Å². The van der Waals surface area contributed by atoms with Crippen molar-refractivity contribution in [1.29, 1.82) is 0 Å². The fraction of sp³-hybridized carbons (Fsp3) is 0.316. The summed E-state index contributed by atoms with van der Waals surface area (Å²) in [6.45, 7) is 1.14. The minimum Gasteiger partial charge on any atom is -0.494 e. The van der Waals surface area contributed by atoms with E-state index in [-0.39, 0.29) is 12.5 Å². The SMILES string of the molecule is CN(CCCCOc1ccc(Cl)cc1)C(=O)COc1ccc(Cl)cc1Cl. The molecule has 0 aliphatic heterocycles. The largest absolute Gasteiger partial charge is 0.494 e. The minimum atomic E-state index is -0.116. The van der Waals surface area contributed by atoms with Gasteiger partial charge in [-0.3, -0.25) is 4.79 Å². The van der Waals surface area contributed by atoms with Crippen LogP contribution in [-0.4, -0.2) is 37.6 Å². The molecule has 0 bridgehead atoms. The first-order chi connectivity index (χ1) is 12.5. The van der Waals surface area contributed by atoms with Gasteiger partial charge in [0.05, 0.1) is 11.6 Å². The molecule has 2 aromatic carbocycles. The second-order valence-corrected chi connectivity index (χ2v) is 6.97. The number of unbranched alkanes of at least 4 members (excludes halogenated alkanes) is 1. The highest BCUT2D eigenvalue weighted by molar-refractivity contribution is 6.35. The van der Waals surface area contributed by atoms with Crippen molar-refractivity contribution in [2.75, 3.05) is 26.8 Å². The molecule has 0 fully saturated rings. The van der Waals surface area contributed by atoms with Gasteiger partial charge in [0.1, 0.15) is 11.5 Å². The van der Waals surface area contributed by atoms with Gasteiger partial charge in [0.25, 0.3) is 5.91 Å². The van der Waals surface area contributed by atoms with Gasteiger partial charge >= 0.3 is 0 Å². The topological polar surface area (TPSA) is 38.8 Å². The molecule has 0 aliphatic carbocycles. The minimum absolute atomic E-state index is 0.0703. The van der Waals surface area contributed by atoms with Crippen LogP contribution in [0.15, 0.2) is 42.5 Å². The lowest BCUT2D eigenvalue weighted by Crippen LogP contribution is -2.32. The molecule has 0 aromatic heterocycles. The first kappa shape index (κ1) is 20.7. The normalized spacial score (nSPS) is 10.5. The van der Waals surface area contributed by atoms with E-state index in [2.05, 4.69) is 0 Å². The second-order valence-electron chi connectivity index (χ2n) is 5.69. The van der Waals surface area contributed by atoms with Gasteiger partial charge in [0.2, 0.25) is 0 Å². The van der Waals surface area contributed by atoms with Gasteiger partial charge in [-0.1, -0.05) is 34.8 Å². The van der Waals surface area contributed by atoms with Gasteiger partial charge in [0.15, 0.2) is 6.61 Å². The van der Waals surface area contributed by atoms with E-state index in [0.717, 1.165) is 18.6 Å². The van der Waals surface area contributed by atoms with Crippen molar-refractivity contribution in [3.05, 3.63) is 57.5 Å². The molecule has 26 heavy (non-hydrogen) atoms. The van der Waals surface area contributed by atoms with E-state index in [1.165, 1.54) is 0 Å². The fourth-order valence-electron chi connectivity index (χ4n) is 2.14. The van der Waals surface area contributed by atoms with E-state index in [9.17, 15) is 4.79 Å². The summed E-state index contributed by atoms with van der Waals surface area (Å²) < 4.78 is 11.1. The number of carbonyl (C=O) groups is 1. The second kappa shape index (κ2) is 10.5. The summed E-state index contributed by atoms with van der Waals surface area (Å²) in [6, 6.07) is 12.1. The summed E-state index contributed by atoms with van der Waals surface area (Å²) in [6.07, 6.45) is 1.67. The molecular formula is C19H20Cl3NO3. The van der Waals surface area contributed by atoms with E-state index in [4.69, 9.17) is 44.3 Å². The van der Waals surface area contributed by atoms with Gasteiger partial charge in [-0.25, -0.2) is 0 Å². The van der Waals surface area contributed by atoms with Crippen LogP contribution < -0.4 is 9.47 Å². The van der Waals surface area contributed by atoms with Crippen LogP contribution in [0, 0.1) is 0 Å². The molecular weight excluding hydrogens is 397 g/mol. The van der Waals surface area contributed by atoms with E-state index >= 15 is 0 Å². The Labute approximate surface area is 168 Å². The maximum absolute atomic E-state index is 12.1. The molecule has 0 atom stereocenters. The molecule has 0 heterocycles. The van der Waals surface area contributed by atoms with Gasteiger partial charge < -0.3 is 14.4 Å². The third-order valence-corrected chi connectivity index (χ3v) is 4.42. The first-order valence-electron chi connectivity index (χ1n) is 8.16. The third-order valence-electron chi connectivity index (χ3n) is 3.64. The Morgan fingerprint density at radius 2 is 1.65 bits per heavy atom. The van der Waals surface area contributed by atoms with E-state index < -0.39 is 0 Å². The summed E-state index contributed by atoms with van der Waals surface area (Å²) in [5.74, 6) is 1.11. The molecule has 0 N–H and O–H groups in total. The smallest absolute Gasteiger partial charge is 0.260 e. The zero-order valence-electron chi connectivity index (χ0n) is 14.4. The van der Waals surface area contributed by atoms with E-state index in [1.54, 1.807) is 42.3 Å². The molecule has 0 saturated carbocycles. The zero-order valence-corrected chi connectivity index (χ0v) is 16.7. The molecule has 0 radical (unpaired) electrons. The quantitative estimate of drug-likeness (QED) is 0.518. The average Bonchev–Trinajstić information content (AvgIpc) is 2.61. The van der Waals surface area contributed by atoms with Crippen LogP contribution in [0.1, 0.15) is 12.8 Å². The average molecular weight is 417 g/mol. The number of rotatable bonds is 9. The Hall–Kier alpha value is -1.62. The Morgan fingerprint density at radius 1 is 0.962 bits per heavy atom. The highest BCUT2D eigenvalue weighted by Gasteiger charge is 2.11. The third kappa shape index (κ3) is 6.94. The molecule has 2 aromatic rings. The Kier molecular flexibility index (Phi) is 8.36. The molecule has 0 unspecified atom stereocenters. The molecule has 0 spiro atoms. The predicted molar refractivity (Wildman–Crippen MR) is 106 cm³/mol. The van der Waals surface area contributed by atoms with Crippen LogP contribution in [-0.2, 0) is 4.79 Å². The molecule has 140 valence electrons. The van der Waals surface area contributed by atoms with Crippen molar-refractivity contribution < 1.29 is 14.3 Å². The van der Waals surface area contributed by atoms with Gasteiger partial charge in [-0.05, 0) is 55.3 Å². The molecule has 2 rings (SSSR count).